The number of allylic oxidation sites excluding steroid dienone is 1. The number of aromatic nitrogens is 1. The minimum atomic E-state index is -0.167. The largest absolute Gasteiger partial charge is 0.469 e. The number of hydrogen-bond donors (Lipinski definition) is 1. The van der Waals surface area contributed by atoms with Gasteiger partial charge in [0, 0.05) is 37.1 Å². The minimum absolute atomic E-state index is 0.167. The molecule has 2 rings (SSSR count). The molecule has 0 aliphatic carbocycles. The maximum atomic E-state index is 11.2. The summed E-state index contributed by atoms with van der Waals surface area (Å²) in [4.78, 5) is 15.4. The zero-order valence-corrected chi connectivity index (χ0v) is 13.6. The highest BCUT2D eigenvalue weighted by atomic mass is 16.5. The number of unbranched alkanes of at least 4 members (excludes halogenated alkanes) is 1. The average Bonchev–Trinajstić information content (AvgIpc) is 2.62. The first-order valence-corrected chi connectivity index (χ1v) is 7.70. The van der Waals surface area contributed by atoms with Crippen LogP contribution < -0.4 is 5.32 Å². The summed E-state index contributed by atoms with van der Waals surface area (Å²) in [5.41, 5.74) is 4.41. The van der Waals surface area contributed by atoms with Crippen LogP contribution in [0.3, 0.4) is 0 Å². The molecule has 0 aliphatic rings. The molecule has 23 heavy (non-hydrogen) atoms. The molecular weight excluding hydrogens is 288 g/mol. The molecule has 1 heterocycles. The molecule has 0 amide bonds. The Balaban J connectivity index is 2.19. The van der Waals surface area contributed by atoms with E-state index in [1.165, 1.54) is 7.11 Å². The van der Waals surface area contributed by atoms with Crippen molar-refractivity contribution in [1.29, 1.82) is 0 Å². The van der Waals surface area contributed by atoms with Crippen molar-refractivity contribution in [2.45, 2.75) is 19.3 Å². The van der Waals surface area contributed by atoms with E-state index in [2.05, 4.69) is 33.2 Å². The first kappa shape index (κ1) is 16.7. The standard InChI is InChI=1S/C19H22N2O2/c1-20-17-11-9-15(10-12-17)18(16-6-5-13-21-14-16)7-3-4-8-19(22)23-2/h5-7,9-14,20H,3-4,8H2,1-2H3/b18-7-. The van der Waals surface area contributed by atoms with Gasteiger partial charge in [-0.1, -0.05) is 24.3 Å². The number of benzene rings is 1. The molecule has 0 bridgehead atoms. The van der Waals surface area contributed by atoms with Gasteiger partial charge < -0.3 is 10.1 Å². The van der Waals surface area contributed by atoms with Gasteiger partial charge in [0.15, 0.2) is 0 Å². The number of nitrogens with zero attached hydrogens (tertiary/aromatic N) is 1. The Bertz CT molecular complexity index is 649. The smallest absolute Gasteiger partial charge is 0.305 e. The molecule has 0 spiro atoms. The fourth-order valence-corrected chi connectivity index (χ4v) is 2.34. The normalized spacial score (nSPS) is 11.1. The highest BCUT2D eigenvalue weighted by Crippen LogP contribution is 2.25. The molecule has 0 radical (unpaired) electrons. The summed E-state index contributed by atoms with van der Waals surface area (Å²) in [5, 5.41) is 3.12. The quantitative estimate of drug-likeness (QED) is 0.622. The van der Waals surface area contributed by atoms with E-state index in [9.17, 15) is 4.79 Å². The Labute approximate surface area is 137 Å². The number of hydrogen-bond acceptors (Lipinski definition) is 4. The number of pyridine rings is 1. The van der Waals surface area contributed by atoms with E-state index in [0.717, 1.165) is 35.2 Å². The van der Waals surface area contributed by atoms with Gasteiger partial charge in [0.1, 0.15) is 0 Å². The molecule has 1 N–H and O–H groups in total. The maximum Gasteiger partial charge on any atom is 0.305 e. The number of ether oxygens (including phenoxy) is 1. The van der Waals surface area contributed by atoms with Crippen LogP contribution in [0, 0.1) is 0 Å². The van der Waals surface area contributed by atoms with E-state index in [1.807, 2.05) is 37.5 Å². The molecule has 2 aromatic rings. The van der Waals surface area contributed by atoms with Gasteiger partial charge in [-0.05, 0) is 42.2 Å². The number of esters is 1. The first-order valence-electron chi connectivity index (χ1n) is 7.70. The molecule has 0 fully saturated rings. The van der Waals surface area contributed by atoms with E-state index in [1.54, 1.807) is 6.20 Å². The Morgan fingerprint density at radius 1 is 1.22 bits per heavy atom. The van der Waals surface area contributed by atoms with Gasteiger partial charge >= 0.3 is 5.97 Å². The van der Waals surface area contributed by atoms with Gasteiger partial charge in [-0.3, -0.25) is 9.78 Å². The first-order chi connectivity index (χ1) is 11.2. The average molecular weight is 310 g/mol. The van der Waals surface area contributed by atoms with Crippen molar-refractivity contribution in [3.63, 3.8) is 0 Å². The van der Waals surface area contributed by atoms with Crippen LogP contribution in [0.5, 0.6) is 0 Å². The lowest BCUT2D eigenvalue weighted by Gasteiger charge is -2.09. The van der Waals surface area contributed by atoms with Crippen molar-refractivity contribution in [3.05, 3.63) is 66.0 Å². The second kappa shape index (κ2) is 8.73. The molecular formula is C19H22N2O2. The predicted octanol–water partition coefficient (Wildman–Crippen LogP) is 3.90. The number of carbonyl (C=O) groups excluding carboxylic acids is 1. The fourth-order valence-electron chi connectivity index (χ4n) is 2.34. The molecule has 4 heteroatoms. The molecule has 1 aromatic heterocycles. The number of rotatable bonds is 7. The summed E-state index contributed by atoms with van der Waals surface area (Å²) in [6.07, 6.45) is 7.80. The molecule has 0 unspecified atom stereocenters. The van der Waals surface area contributed by atoms with Crippen LogP contribution in [-0.2, 0) is 9.53 Å². The highest BCUT2D eigenvalue weighted by molar-refractivity contribution is 5.80. The van der Waals surface area contributed by atoms with Crippen LogP contribution in [0.1, 0.15) is 30.4 Å². The maximum absolute atomic E-state index is 11.2. The Morgan fingerprint density at radius 3 is 2.61 bits per heavy atom. The van der Waals surface area contributed by atoms with Gasteiger partial charge in [0.2, 0.25) is 0 Å². The fraction of sp³-hybridized carbons (Fsp3) is 0.263. The van der Waals surface area contributed by atoms with Crippen molar-refractivity contribution < 1.29 is 9.53 Å². The van der Waals surface area contributed by atoms with Gasteiger partial charge in [-0.15, -0.1) is 0 Å². The summed E-state index contributed by atoms with van der Waals surface area (Å²) in [6.45, 7) is 0. The van der Waals surface area contributed by atoms with Gasteiger partial charge in [0.25, 0.3) is 0 Å². The molecule has 0 atom stereocenters. The van der Waals surface area contributed by atoms with Crippen LogP contribution in [0.4, 0.5) is 5.69 Å². The highest BCUT2D eigenvalue weighted by Gasteiger charge is 2.06. The molecule has 0 saturated heterocycles. The number of anilines is 1. The Morgan fingerprint density at radius 2 is 2.00 bits per heavy atom. The topological polar surface area (TPSA) is 51.2 Å². The minimum Gasteiger partial charge on any atom is -0.469 e. The van der Waals surface area contributed by atoms with Gasteiger partial charge in [0.05, 0.1) is 7.11 Å². The summed E-state index contributed by atoms with van der Waals surface area (Å²) < 4.78 is 4.68. The van der Waals surface area contributed by atoms with E-state index >= 15 is 0 Å². The molecule has 1 aromatic carbocycles. The molecule has 4 nitrogen and oxygen atoms in total. The third-order valence-corrected chi connectivity index (χ3v) is 3.62. The summed E-state index contributed by atoms with van der Waals surface area (Å²) in [7, 11) is 3.32. The van der Waals surface area contributed by atoms with Crippen LogP contribution in [-0.4, -0.2) is 25.1 Å². The van der Waals surface area contributed by atoms with E-state index in [0.29, 0.717) is 6.42 Å². The van der Waals surface area contributed by atoms with Crippen LogP contribution in [0.25, 0.3) is 5.57 Å². The monoisotopic (exact) mass is 310 g/mol. The SMILES string of the molecule is CNc1ccc(/C(=C/CCCC(=O)OC)c2cccnc2)cc1. The molecule has 0 saturated carbocycles. The second-order valence-corrected chi connectivity index (χ2v) is 5.16. The van der Waals surface area contributed by atoms with E-state index in [4.69, 9.17) is 0 Å². The van der Waals surface area contributed by atoms with Crippen molar-refractivity contribution in [2.24, 2.45) is 0 Å². The summed E-state index contributed by atoms with van der Waals surface area (Å²) in [6, 6.07) is 12.3. The Hall–Kier alpha value is -2.62. The molecule has 120 valence electrons. The second-order valence-electron chi connectivity index (χ2n) is 5.16. The lowest BCUT2D eigenvalue weighted by molar-refractivity contribution is -0.140. The van der Waals surface area contributed by atoms with Crippen LogP contribution in [0.2, 0.25) is 0 Å². The third kappa shape index (κ3) is 4.95. The van der Waals surface area contributed by atoms with Crippen molar-refractivity contribution in [3.8, 4) is 0 Å². The number of carbonyl (C=O) groups is 1. The van der Waals surface area contributed by atoms with Crippen molar-refractivity contribution >= 4 is 17.2 Å². The molecule has 0 aliphatic heterocycles. The van der Waals surface area contributed by atoms with Gasteiger partial charge in [-0.2, -0.15) is 0 Å². The predicted molar refractivity (Wildman–Crippen MR) is 93.2 cm³/mol. The number of nitrogens with one attached hydrogen (secondary N) is 1. The van der Waals surface area contributed by atoms with E-state index in [-0.39, 0.29) is 5.97 Å². The summed E-state index contributed by atoms with van der Waals surface area (Å²) in [5.74, 6) is -0.167. The Kier molecular flexibility index (Phi) is 6.36. The number of methoxy groups -OCH3 is 1. The zero-order valence-electron chi connectivity index (χ0n) is 13.6. The van der Waals surface area contributed by atoms with Gasteiger partial charge in [-0.25, -0.2) is 0 Å². The van der Waals surface area contributed by atoms with Crippen molar-refractivity contribution in [1.82, 2.24) is 4.98 Å². The zero-order chi connectivity index (χ0) is 16.5. The lowest BCUT2D eigenvalue weighted by Crippen LogP contribution is -1.99. The third-order valence-electron chi connectivity index (χ3n) is 3.62. The van der Waals surface area contributed by atoms with Crippen LogP contribution >= 0.6 is 0 Å². The van der Waals surface area contributed by atoms with Crippen molar-refractivity contribution in [2.75, 3.05) is 19.5 Å². The lowest BCUT2D eigenvalue weighted by atomic mass is 9.97. The summed E-state index contributed by atoms with van der Waals surface area (Å²) >= 11 is 0. The van der Waals surface area contributed by atoms with E-state index < -0.39 is 0 Å². The van der Waals surface area contributed by atoms with Crippen LogP contribution in [0.15, 0.2) is 54.9 Å².